The molecule has 1 heterocycles. The van der Waals surface area contributed by atoms with Gasteiger partial charge in [-0.05, 0) is 20.8 Å². The van der Waals surface area contributed by atoms with Crippen LogP contribution in [0.5, 0.6) is 0 Å². The van der Waals surface area contributed by atoms with Gasteiger partial charge in [0, 0.05) is 43.4 Å². The summed E-state index contributed by atoms with van der Waals surface area (Å²) < 4.78 is 13.0. The van der Waals surface area contributed by atoms with E-state index in [1.807, 2.05) is 31.6 Å². The second kappa shape index (κ2) is 10.3. The predicted molar refractivity (Wildman–Crippen MR) is 98.4 cm³/mol. The summed E-state index contributed by atoms with van der Waals surface area (Å²) in [7, 11) is 0. The molecule has 0 fully saturated rings. The van der Waals surface area contributed by atoms with Gasteiger partial charge in [-0.15, -0.1) is 0 Å². The van der Waals surface area contributed by atoms with E-state index < -0.39 is 5.60 Å². The molecule has 0 unspecified atom stereocenters. The van der Waals surface area contributed by atoms with Crippen molar-refractivity contribution in [3.63, 3.8) is 0 Å². The Kier molecular flexibility index (Phi) is 8.74. The van der Waals surface area contributed by atoms with Crippen molar-refractivity contribution >= 4 is 12.3 Å². The zero-order chi connectivity index (χ0) is 19.6. The van der Waals surface area contributed by atoms with Crippen LogP contribution in [0.3, 0.4) is 0 Å². The molecule has 8 heteroatoms. The Morgan fingerprint density at radius 3 is 2.73 bits per heavy atom. The number of carbonyl (C=O) groups excluding carboxylic acids is 2. The first-order valence-electron chi connectivity index (χ1n) is 8.84. The summed E-state index contributed by atoms with van der Waals surface area (Å²) >= 11 is 0. The van der Waals surface area contributed by atoms with Crippen LogP contribution in [0.1, 0.15) is 40.2 Å². The number of hydrogen-bond acceptors (Lipinski definition) is 5. The van der Waals surface area contributed by atoms with Crippen LogP contribution in [0.4, 0.5) is 0 Å². The van der Waals surface area contributed by atoms with Crippen LogP contribution in [-0.2, 0) is 32.2 Å². The number of carbonyl (C=O) groups is 2. The zero-order valence-electron chi connectivity index (χ0n) is 16.5. The molecule has 0 saturated heterocycles. The number of rotatable bonds is 13. The molecule has 0 radical (unpaired) electrons. The Morgan fingerprint density at radius 1 is 1.35 bits per heavy atom. The minimum Gasteiger partial charge on any atom is -0.373 e. The maximum Gasteiger partial charge on any atom is 0.246 e. The van der Waals surface area contributed by atoms with E-state index in [0.717, 1.165) is 5.56 Å². The van der Waals surface area contributed by atoms with Crippen LogP contribution in [0.15, 0.2) is 12.4 Å². The number of nitrogens with zero attached hydrogens (tertiary/aromatic N) is 2. The van der Waals surface area contributed by atoms with E-state index >= 15 is 0 Å². The van der Waals surface area contributed by atoms with Crippen molar-refractivity contribution < 1.29 is 19.1 Å². The average molecular weight is 368 g/mol. The van der Waals surface area contributed by atoms with E-state index in [9.17, 15) is 9.59 Å². The summed E-state index contributed by atoms with van der Waals surface area (Å²) in [5.74, 6) is -0.143. The normalized spacial score (nSPS) is 12.0. The van der Waals surface area contributed by atoms with Crippen LogP contribution in [0, 0.1) is 5.41 Å². The summed E-state index contributed by atoms with van der Waals surface area (Å²) in [6, 6.07) is 0. The molecule has 2 N–H and O–H groups in total. The van der Waals surface area contributed by atoms with Crippen molar-refractivity contribution in [1.82, 2.24) is 20.4 Å². The van der Waals surface area contributed by atoms with Gasteiger partial charge in [-0.25, -0.2) is 0 Å². The maximum absolute atomic E-state index is 11.6. The number of amides is 2. The summed E-state index contributed by atoms with van der Waals surface area (Å²) in [5.41, 5.74) is 0.321. The lowest BCUT2D eigenvalue weighted by atomic mass is 9.94. The second-order valence-electron chi connectivity index (χ2n) is 7.67. The highest BCUT2D eigenvalue weighted by Crippen LogP contribution is 2.22. The smallest absolute Gasteiger partial charge is 0.246 e. The Labute approximate surface area is 155 Å². The Morgan fingerprint density at radius 2 is 2.08 bits per heavy atom. The van der Waals surface area contributed by atoms with Crippen molar-refractivity contribution in [1.29, 1.82) is 0 Å². The lowest BCUT2D eigenvalue weighted by Crippen LogP contribution is -2.43. The van der Waals surface area contributed by atoms with E-state index in [-0.39, 0.29) is 17.9 Å². The third kappa shape index (κ3) is 8.96. The molecule has 0 aliphatic carbocycles. The molecule has 0 saturated carbocycles. The molecule has 26 heavy (non-hydrogen) atoms. The SMILES string of the molecule is CCOCC(=O)NCC(C)(C)OCC(C)(C)Cn1cc(CNC=O)cn1. The van der Waals surface area contributed by atoms with Crippen molar-refractivity contribution in [2.45, 2.75) is 53.3 Å². The topological polar surface area (TPSA) is 94.5 Å². The van der Waals surface area contributed by atoms with E-state index in [1.165, 1.54) is 0 Å². The van der Waals surface area contributed by atoms with Gasteiger partial charge in [0.1, 0.15) is 6.61 Å². The average Bonchev–Trinajstić information content (AvgIpc) is 3.01. The number of ether oxygens (including phenoxy) is 2. The maximum atomic E-state index is 11.6. The van der Waals surface area contributed by atoms with Crippen LogP contribution in [-0.4, -0.2) is 54.1 Å². The summed E-state index contributed by atoms with van der Waals surface area (Å²) in [5, 5.41) is 9.77. The van der Waals surface area contributed by atoms with Gasteiger partial charge in [0.2, 0.25) is 12.3 Å². The van der Waals surface area contributed by atoms with Crippen LogP contribution >= 0.6 is 0 Å². The molecule has 1 rings (SSSR count). The van der Waals surface area contributed by atoms with E-state index in [1.54, 1.807) is 6.20 Å². The number of aromatic nitrogens is 2. The van der Waals surface area contributed by atoms with Gasteiger partial charge in [-0.3, -0.25) is 14.3 Å². The molecule has 2 amide bonds. The van der Waals surface area contributed by atoms with Gasteiger partial charge in [-0.2, -0.15) is 5.10 Å². The first-order valence-corrected chi connectivity index (χ1v) is 8.84. The largest absolute Gasteiger partial charge is 0.373 e. The van der Waals surface area contributed by atoms with Gasteiger partial charge in [0.05, 0.1) is 18.4 Å². The molecule has 0 aliphatic heterocycles. The molecule has 1 aromatic rings. The molecule has 0 bridgehead atoms. The van der Waals surface area contributed by atoms with Crippen molar-refractivity contribution in [2.24, 2.45) is 5.41 Å². The Balaban J connectivity index is 2.43. The van der Waals surface area contributed by atoms with Crippen molar-refractivity contribution in [3.8, 4) is 0 Å². The Hall–Kier alpha value is -1.93. The summed E-state index contributed by atoms with van der Waals surface area (Å²) in [6.45, 7) is 12.6. The van der Waals surface area contributed by atoms with Gasteiger partial charge in [0.25, 0.3) is 0 Å². The molecule has 0 atom stereocenters. The number of nitrogens with one attached hydrogen (secondary N) is 2. The Bertz CT molecular complexity index is 569. The third-order valence-corrected chi connectivity index (χ3v) is 3.67. The van der Waals surface area contributed by atoms with Crippen molar-refractivity contribution in [2.75, 3.05) is 26.4 Å². The van der Waals surface area contributed by atoms with Crippen LogP contribution < -0.4 is 10.6 Å². The van der Waals surface area contributed by atoms with Gasteiger partial charge in [0.15, 0.2) is 0 Å². The monoisotopic (exact) mass is 368 g/mol. The molecule has 148 valence electrons. The summed E-state index contributed by atoms with van der Waals surface area (Å²) in [6.07, 6.45) is 4.33. The molecule has 8 nitrogen and oxygen atoms in total. The quantitative estimate of drug-likeness (QED) is 0.509. The van der Waals surface area contributed by atoms with Gasteiger partial charge >= 0.3 is 0 Å². The third-order valence-electron chi connectivity index (χ3n) is 3.67. The predicted octanol–water partition coefficient (Wildman–Crippen LogP) is 1.10. The van der Waals surface area contributed by atoms with E-state index in [0.29, 0.717) is 39.3 Å². The first kappa shape index (κ1) is 22.1. The minimum absolute atomic E-state index is 0.0681. The van der Waals surface area contributed by atoms with E-state index in [4.69, 9.17) is 9.47 Å². The highest BCUT2D eigenvalue weighted by atomic mass is 16.5. The molecule has 0 aliphatic rings. The number of hydrogen-bond donors (Lipinski definition) is 2. The molecule has 1 aromatic heterocycles. The summed E-state index contributed by atoms with van der Waals surface area (Å²) in [4.78, 5) is 22.0. The second-order valence-corrected chi connectivity index (χ2v) is 7.67. The molecule has 0 aromatic carbocycles. The fourth-order valence-corrected chi connectivity index (χ4v) is 2.23. The standard InChI is InChI=1S/C18H32N4O4/c1-6-25-10-16(24)20-11-18(4,5)26-13-17(2,3)12-22-9-15(8-21-22)7-19-14-23/h8-9,14H,6-7,10-13H2,1-5H3,(H,19,23)(H,20,24). The van der Waals surface area contributed by atoms with Gasteiger partial charge in [-0.1, -0.05) is 13.8 Å². The van der Waals surface area contributed by atoms with Crippen LogP contribution in [0.25, 0.3) is 0 Å². The van der Waals surface area contributed by atoms with Crippen molar-refractivity contribution in [3.05, 3.63) is 18.0 Å². The molecular formula is C18H32N4O4. The lowest BCUT2D eigenvalue weighted by molar-refractivity contribution is -0.127. The zero-order valence-corrected chi connectivity index (χ0v) is 16.5. The fourth-order valence-electron chi connectivity index (χ4n) is 2.23. The van der Waals surface area contributed by atoms with Crippen LogP contribution in [0.2, 0.25) is 0 Å². The van der Waals surface area contributed by atoms with E-state index in [2.05, 4.69) is 29.6 Å². The highest BCUT2D eigenvalue weighted by Gasteiger charge is 2.26. The molecular weight excluding hydrogens is 336 g/mol. The highest BCUT2D eigenvalue weighted by molar-refractivity contribution is 5.77. The molecule has 0 spiro atoms. The lowest BCUT2D eigenvalue weighted by Gasteiger charge is -2.32. The minimum atomic E-state index is -0.484. The first-order chi connectivity index (χ1) is 12.2. The fraction of sp³-hybridized carbons (Fsp3) is 0.722. The van der Waals surface area contributed by atoms with Gasteiger partial charge < -0.3 is 20.1 Å².